The fourth-order valence-corrected chi connectivity index (χ4v) is 4.10. The van der Waals surface area contributed by atoms with Gasteiger partial charge in [-0.1, -0.05) is 17.9 Å². The number of aromatic nitrogens is 2. The molecule has 9 nitrogen and oxygen atoms in total. The van der Waals surface area contributed by atoms with Gasteiger partial charge in [-0.15, -0.1) is 5.10 Å². The highest BCUT2D eigenvalue weighted by Gasteiger charge is 2.23. The summed E-state index contributed by atoms with van der Waals surface area (Å²) in [6, 6.07) is 5.85. The normalized spacial score (nSPS) is 17.6. The zero-order valence-electron chi connectivity index (χ0n) is 18.1. The summed E-state index contributed by atoms with van der Waals surface area (Å²) in [4.78, 5) is 14.8. The first-order valence-electron chi connectivity index (χ1n) is 11.1. The van der Waals surface area contributed by atoms with E-state index in [1.807, 2.05) is 12.1 Å². The van der Waals surface area contributed by atoms with Crippen LogP contribution < -0.4 is 15.4 Å². The average Bonchev–Trinajstić information content (AvgIpc) is 3.50. The largest absolute Gasteiger partial charge is 0.496 e. The molecule has 0 spiro atoms. The molecular formula is C22H31N5O4. The first-order valence-corrected chi connectivity index (χ1v) is 11.1. The Balaban J connectivity index is 1.32. The van der Waals surface area contributed by atoms with E-state index in [0.717, 1.165) is 71.5 Å². The maximum absolute atomic E-state index is 12.4. The molecule has 1 aromatic heterocycles. The molecule has 0 atom stereocenters. The van der Waals surface area contributed by atoms with Crippen molar-refractivity contribution < 1.29 is 18.7 Å². The monoisotopic (exact) mass is 429 g/mol. The van der Waals surface area contributed by atoms with Crippen LogP contribution in [-0.4, -0.2) is 67.5 Å². The van der Waals surface area contributed by atoms with Crippen LogP contribution in [0.1, 0.15) is 32.1 Å². The minimum absolute atomic E-state index is 0.0775. The Morgan fingerprint density at radius 3 is 2.81 bits per heavy atom. The number of nitrogens with one attached hydrogen (secondary N) is 2. The number of rotatable bonds is 9. The van der Waals surface area contributed by atoms with Gasteiger partial charge in [0, 0.05) is 37.3 Å². The van der Waals surface area contributed by atoms with Gasteiger partial charge < -0.3 is 24.5 Å². The molecule has 168 valence electrons. The van der Waals surface area contributed by atoms with Crippen LogP contribution in [0.5, 0.6) is 5.75 Å². The number of methoxy groups -OCH3 is 1. The highest BCUT2D eigenvalue weighted by atomic mass is 16.5. The van der Waals surface area contributed by atoms with E-state index in [-0.39, 0.29) is 11.8 Å². The van der Waals surface area contributed by atoms with E-state index in [1.54, 1.807) is 13.2 Å². The summed E-state index contributed by atoms with van der Waals surface area (Å²) >= 11 is 0. The molecule has 1 aliphatic heterocycles. The lowest BCUT2D eigenvalue weighted by Crippen LogP contribution is -2.37. The molecule has 2 fully saturated rings. The van der Waals surface area contributed by atoms with Crippen LogP contribution >= 0.6 is 0 Å². The third-order valence-electron chi connectivity index (χ3n) is 5.88. The van der Waals surface area contributed by atoms with Crippen molar-refractivity contribution in [2.75, 3.05) is 57.1 Å². The molecule has 31 heavy (non-hydrogen) atoms. The summed E-state index contributed by atoms with van der Waals surface area (Å²) in [6.07, 6.45) is 5.16. The number of hydrogen-bond acceptors (Lipinski definition) is 8. The number of ether oxygens (including phenoxy) is 2. The van der Waals surface area contributed by atoms with Crippen LogP contribution in [0.2, 0.25) is 0 Å². The van der Waals surface area contributed by atoms with Gasteiger partial charge in [-0.25, -0.2) is 0 Å². The van der Waals surface area contributed by atoms with Crippen molar-refractivity contribution in [1.82, 2.24) is 15.1 Å². The molecule has 1 saturated heterocycles. The third kappa shape index (κ3) is 5.74. The van der Waals surface area contributed by atoms with Crippen molar-refractivity contribution in [2.24, 2.45) is 5.92 Å². The second-order valence-corrected chi connectivity index (χ2v) is 8.03. The highest BCUT2D eigenvalue weighted by Crippen LogP contribution is 2.33. The highest BCUT2D eigenvalue weighted by molar-refractivity contribution is 5.93. The first kappa shape index (κ1) is 21.6. The molecule has 0 bridgehead atoms. The minimum Gasteiger partial charge on any atom is -0.496 e. The molecule has 2 aliphatic rings. The molecule has 2 aromatic rings. The van der Waals surface area contributed by atoms with Crippen molar-refractivity contribution in [3.05, 3.63) is 18.2 Å². The lowest BCUT2D eigenvalue weighted by atomic mass is 10.1. The fourth-order valence-electron chi connectivity index (χ4n) is 4.10. The molecule has 1 saturated carbocycles. The number of nitrogens with zero attached hydrogens (tertiary/aromatic N) is 3. The van der Waals surface area contributed by atoms with Crippen molar-refractivity contribution in [3.63, 3.8) is 0 Å². The molecule has 2 heterocycles. The van der Waals surface area contributed by atoms with Crippen LogP contribution in [0.4, 0.5) is 11.7 Å². The number of carbonyl (C=O) groups is 1. The van der Waals surface area contributed by atoms with E-state index in [1.165, 1.54) is 0 Å². The van der Waals surface area contributed by atoms with Gasteiger partial charge >= 0.3 is 6.01 Å². The van der Waals surface area contributed by atoms with Gasteiger partial charge in [0.1, 0.15) is 5.75 Å². The summed E-state index contributed by atoms with van der Waals surface area (Å²) in [5.74, 6) is 1.14. The Bertz CT molecular complexity index is 859. The van der Waals surface area contributed by atoms with E-state index >= 15 is 0 Å². The van der Waals surface area contributed by atoms with E-state index in [0.29, 0.717) is 28.9 Å². The Kier molecular flexibility index (Phi) is 7.37. The second kappa shape index (κ2) is 10.6. The Labute approximate surface area is 182 Å². The summed E-state index contributed by atoms with van der Waals surface area (Å²) in [5.41, 5.74) is 1.40. The standard InChI is InChI=1S/C22H31N5O4/c1-29-19-15-17(24-20(28)16-5-2-3-6-16)7-8-18(19)21-25-26-22(31-21)23-9-4-10-27-11-13-30-14-12-27/h7-8,15-16H,2-6,9-14H2,1H3,(H,23,26)(H,24,28). The minimum atomic E-state index is 0.0775. The van der Waals surface area contributed by atoms with Crippen LogP contribution in [0.15, 0.2) is 22.6 Å². The number of carbonyl (C=O) groups excluding carboxylic acids is 1. The van der Waals surface area contributed by atoms with Gasteiger partial charge in [-0.3, -0.25) is 9.69 Å². The quantitative estimate of drug-likeness (QED) is 0.587. The maximum Gasteiger partial charge on any atom is 0.315 e. The van der Waals surface area contributed by atoms with Crippen LogP contribution in [-0.2, 0) is 9.53 Å². The zero-order valence-corrected chi connectivity index (χ0v) is 18.1. The topological polar surface area (TPSA) is 102 Å². The Hall–Kier alpha value is -2.65. The van der Waals surface area contributed by atoms with Gasteiger partial charge in [-0.2, -0.15) is 0 Å². The first-order chi connectivity index (χ1) is 15.2. The van der Waals surface area contributed by atoms with Crippen molar-refractivity contribution >= 4 is 17.6 Å². The van der Waals surface area contributed by atoms with Crippen LogP contribution in [0.3, 0.4) is 0 Å². The SMILES string of the molecule is COc1cc(NC(=O)C2CCCC2)ccc1-c1nnc(NCCCN2CCOCC2)o1. The van der Waals surface area contributed by atoms with Gasteiger partial charge in [0.05, 0.1) is 25.9 Å². The zero-order chi connectivity index (χ0) is 21.5. The summed E-state index contributed by atoms with van der Waals surface area (Å²) in [5, 5.41) is 14.4. The predicted octanol–water partition coefficient (Wildman–Crippen LogP) is 3.01. The fraction of sp³-hybridized carbons (Fsp3) is 0.591. The molecule has 0 radical (unpaired) electrons. The van der Waals surface area contributed by atoms with E-state index in [9.17, 15) is 4.79 Å². The van der Waals surface area contributed by atoms with Crippen LogP contribution in [0, 0.1) is 5.92 Å². The number of morpholine rings is 1. The smallest absolute Gasteiger partial charge is 0.315 e. The predicted molar refractivity (Wildman–Crippen MR) is 117 cm³/mol. The second-order valence-electron chi connectivity index (χ2n) is 8.03. The maximum atomic E-state index is 12.4. The van der Waals surface area contributed by atoms with Crippen molar-refractivity contribution in [3.8, 4) is 17.2 Å². The number of anilines is 2. The molecule has 1 aromatic carbocycles. The molecule has 1 amide bonds. The lowest BCUT2D eigenvalue weighted by molar-refractivity contribution is -0.119. The summed E-state index contributed by atoms with van der Waals surface area (Å²) in [6.45, 7) is 5.36. The van der Waals surface area contributed by atoms with Gasteiger partial charge in [-0.05, 0) is 37.9 Å². The van der Waals surface area contributed by atoms with E-state index in [4.69, 9.17) is 13.9 Å². The van der Waals surface area contributed by atoms with Crippen LogP contribution in [0.25, 0.3) is 11.5 Å². The molecule has 9 heteroatoms. The summed E-state index contributed by atoms with van der Waals surface area (Å²) in [7, 11) is 1.59. The molecule has 0 unspecified atom stereocenters. The Morgan fingerprint density at radius 1 is 1.23 bits per heavy atom. The summed E-state index contributed by atoms with van der Waals surface area (Å²) < 4.78 is 16.6. The molecule has 4 rings (SSSR count). The molecule has 2 N–H and O–H groups in total. The third-order valence-corrected chi connectivity index (χ3v) is 5.88. The lowest BCUT2D eigenvalue weighted by Gasteiger charge is -2.26. The van der Waals surface area contributed by atoms with Crippen molar-refractivity contribution in [2.45, 2.75) is 32.1 Å². The molecular weight excluding hydrogens is 398 g/mol. The van der Waals surface area contributed by atoms with Crippen molar-refractivity contribution in [1.29, 1.82) is 0 Å². The number of hydrogen-bond donors (Lipinski definition) is 2. The van der Waals surface area contributed by atoms with Gasteiger partial charge in [0.15, 0.2) is 0 Å². The van der Waals surface area contributed by atoms with Gasteiger partial charge in [0.25, 0.3) is 5.89 Å². The number of amides is 1. The van der Waals surface area contributed by atoms with Gasteiger partial charge in [0.2, 0.25) is 5.91 Å². The average molecular weight is 430 g/mol. The molecule has 1 aliphatic carbocycles. The van der Waals surface area contributed by atoms with E-state index in [2.05, 4.69) is 25.7 Å². The number of benzene rings is 1. The Morgan fingerprint density at radius 2 is 2.03 bits per heavy atom. The van der Waals surface area contributed by atoms with E-state index < -0.39 is 0 Å².